The molecule has 0 saturated heterocycles. The topological polar surface area (TPSA) is 84.2 Å². The first kappa shape index (κ1) is 18.9. The van der Waals surface area contributed by atoms with Gasteiger partial charge in [0.05, 0.1) is 16.6 Å². The zero-order valence-electron chi connectivity index (χ0n) is 14.2. The van der Waals surface area contributed by atoms with Gasteiger partial charge in [-0.15, -0.1) is 0 Å². The molecular formula is C19H15Cl2N3O3. The monoisotopic (exact) mass is 403 g/mol. The molecular weight excluding hydrogens is 389 g/mol. The van der Waals surface area contributed by atoms with E-state index >= 15 is 0 Å². The first-order valence-corrected chi connectivity index (χ1v) is 8.71. The number of amides is 1. The van der Waals surface area contributed by atoms with Crippen LogP contribution in [0.5, 0.6) is 5.75 Å². The van der Waals surface area contributed by atoms with Crippen LogP contribution in [0.2, 0.25) is 10.0 Å². The van der Waals surface area contributed by atoms with Gasteiger partial charge in [-0.05, 0) is 42.8 Å². The molecule has 0 aliphatic rings. The van der Waals surface area contributed by atoms with Gasteiger partial charge in [-0.1, -0.05) is 23.2 Å². The Balaban J connectivity index is 1.97. The summed E-state index contributed by atoms with van der Waals surface area (Å²) in [4.78, 5) is 29.4. The van der Waals surface area contributed by atoms with E-state index in [1.54, 1.807) is 37.5 Å². The summed E-state index contributed by atoms with van der Waals surface area (Å²) in [5.41, 5.74) is 0.786. The van der Waals surface area contributed by atoms with Crippen LogP contribution in [-0.2, 0) is 6.54 Å². The third kappa shape index (κ3) is 4.13. The Morgan fingerprint density at radius 3 is 2.52 bits per heavy atom. The summed E-state index contributed by atoms with van der Waals surface area (Å²) in [6.45, 7) is 1.93. The lowest BCUT2D eigenvalue weighted by Gasteiger charge is -2.14. The number of halogens is 2. The number of hydrogen-bond acceptors (Lipinski definition) is 4. The van der Waals surface area contributed by atoms with Crippen molar-refractivity contribution in [3.8, 4) is 5.75 Å². The Kier molecular flexibility index (Phi) is 5.48. The van der Waals surface area contributed by atoms with Crippen LogP contribution in [0, 0.1) is 6.92 Å². The van der Waals surface area contributed by atoms with Crippen LogP contribution in [-0.4, -0.2) is 20.6 Å². The summed E-state index contributed by atoms with van der Waals surface area (Å²) >= 11 is 11.8. The molecule has 138 valence electrons. The molecule has 1 aromatic carbocycles. The van der Waals surface area contributed by atoms with E-state index < -0.39 is 11.5 Å². The van der Waals surface area contributed by atoms with Crippen molar-refractivity contribution in [2.45, 2.75) is 13.5 Å². The third-order valence-electron chi connectivity index (χ3n) is 3.98. The number of nitrogens with one attached hydrogen (secondary N) is 1. The Morgan fingerprint density at radius 1 is 1.15 bits per heavy atom. The van der Waals surface area contributed by atoms with Gasteiger partial charge in [0.2, 0.25) is 0 Å². The smallest absolute Gasteiger partial charge is 0.267 e. The van der Waals surface area contributed by atoms with Gasteiger partial charge in [0.1, 0.15) is 11.3 Å². The van der Waals surface area contributed by atoms with E-state index in [0.717, 1.165) is 5.56 Å². The van der Waals surface area contributed by atoms with Crippen molar-refractivity contribution in [2.75, 3.05) is 5.32 Å². The van der Waals surface area contributed by atoms with Crippen molar-refractivity contribution in [1.82, 2.24) is 9.55 Å². The van der Waals surface area contributed by atoms with Crippen molar-refractivity contribution in [2.24, 2.45) is 0 Å². The van der Waals surface area contributed by atoms with Gasteiger partial charge in [0, 0.05) is 29.8 Å². The summed E-state index contributed by atoms with van der Waals surface area (Å²) in [6, 6.07) is 9.46. The number of hydrogen-bond donors (Lipinski definition) is 2. The number of nitrogens with zero attached hydrogens (tertiary/aromatic N) is 2. The molecule has 3 aromatic rings. The summed E-state index contributed by atoms with van der Waals surface area (Å²) in [7, 11) is 0. The fraction of sp³-hybridized carbons (Fsp3) is 0.105. The quantitative estimate of drug-likeness (QED) is 0.692. The lowest BCUT2D eigenvalue weighted by atomic mass is 10.1. The van der Waals surface area contributed by atoms with Gasteiger partial charge in [0.15, 0.2) is 0 Å². The molecule has 27 heavy (non-hydrogen) atoms. The minimum Gasteiger partial charge on any atom is -0.507 e. The minimum atomic E-state index is -0.737. The molecule has 6 nitrogen and oxygen atoms in total. The summed E-state index contributed by atoms with van der Waals surface area (Å²) in [6.07, 6.45) is 3.24. The third-order valence-corrected chi connectivity index (χ3v) is 4.72. The zero-order chi connectivity index (χ0) is 19.6. The van der Waals surface area contributed by atoms with Crippen molar-refractivity contribution >= 4 is 34.8 Å². The highest BCUT2D eigenvalue weighted by Gasteiger charge is 2.20. The average molecular weight is 404 g/mol. The number of carbonyl (C=O) groups is 1. The molecule has 2 aromatic heterocycles. The molecule has 2 N–H and O–H groups in total. The Labute approximate surface area is 165 Å². The van der Waals surface area contributed by atoms with Crippen molar-refractivity contribution in [3.63, 3.8) is 0 Å². The van der Waals surface area contributed by atoms with Gasteiger partial charge < -0.3 is 15.0 Å². The molecule has 0 fully saturated rings. The maximum absolute atomic E-state index is 12.8. The number of pyridine rings is 2. The molecule has 0 unspecified atom stereocenters. The van der Waals surface area contributed by atoms with Crippen LogP contribution in [0.1, 0.15) is 21.6 Å². The summed E-state index contributed by atoms with van der Waals surface area (Å²) in [5, 5.41) is 13.3. The fourth-order valence-corrected chi connectivity index (χ4v) is 2.90. The van der Waals surface area contributed by atoms with Crippen LogP contribution in [0.15, 0.2) is 53.6 Å². The number of aryl methyl sites for hydroxylation is 1. The van der Waals surface area contributed by atoms with Crippen LogP contribution in [0.4, 0.5) is 5.69 Å². The molecule has 0 spiro atoms. The number of benzene rings is 1. The van der Waals surface area contributed by atoms with E-state index in [0.29, 0.717) is 16.4 Å². The highest BCUT2D eigenvalue weighted by atomic mass is 35.5. The van der Waals surface area contributed by atoms with Crippen molar-refractivity contribution in [3.05, 3.63) is 86.0 Å². The van der Waals surface area contributed by atoms with Gasteiger partial charge >= 0.3 is 0 Å². The molecule has 0 radical (unpaired) electrons. The zero-order valence-corrected chi connectivity index (χ0v) is 15.8. The van der Waals surface area contributed by atoms with Gasteiger partial charge in [-0.2, -0.15) is 0 Å². The van der Waals surface area contributed by atoms with Crippen LogP contribution in [0.3, 0.4) is 0 Å². The van der Waals surface area contributed by atoms with E-state index in [2.05, 4.69) is 10.3 Å². The maximum Gasteiger partial charge on any atom is 0.267 e. The first-order chi connectivity index (χ1) is 12.9. The lowest BCUT2D eigenvalue weighted by molar-refractivity contribution is 0.102. The van der Waals surface area contributed by atoms with Gasteiger partial charge in [-0.25, -0.2) is 0 Å². The second-order valence-corrected chi connectivity index (χ2v) is 6.69. The number of aromatic hydroxyl groups is 1. The lowest BCUT2D eigenvalue weighted by Crippen LogP contribution is -2.31. The molecule has 8 heteroatoms. The molecule has 0 saturated carbocycles. The van der Waals surface area contributed by atoms with E-state index in [1.165, 1.54) is 22.8 Å². The molecule has 0 aliphatic heterocycles. The standard InChI is InChI=1S/C19H15Cl2N3O3/c1-11-8-16(25)17(18(26)23-13-2-3-14(20)15(21)9-13)19(27)24(11)10-12-4-6-22-7-5-12/h2-9,25H,10H2,1H3,(H,23,26). The maximum atomic E-state index is 12.8. The van der Waals surface area contributed by atoms with Gasteiger partial charge in [-0.3, -0.25) is 14.6 Å². The van der Waals surface area contributed by atoms with Crippen LogP contribution < -0.4 is 10.9 Å². The Morgan fingerprint density at radius 2 is 1.85 bits per heavy atom. The molecule has 3 rings (SSSR count). The predicted molar refractivity (Wildman–Crippen MR) is 105 cm³/mol. The first-order valence-electron chi connectivity index (χ1n) is 7.95. The highest BCUT2D eigenvalue weighted by molar-refractivity contribution is 6.42. The van der Waals surface area contributed by atoms with Gasteiger partial charge in [0.25, 0.3) is 11.5 Å². The SMILES string of the molecule is Cc1cc(O)c(C(=O)Nc2ccc(Cl)c(Cl)c2)c(=O)n1Cc1ccncc1. The Bertz CT molecular complexity index is 1070. The second kappa shape index (κ2) is 7.82. The summed E-state index contributed by atoms with van der Waals surface area (Å²) < 4.78 is 1.42. The molecule has 0 aliphatic carbocycles. The normalized spacial score (nSPS) is 10.6. The van der Waals surface area contributed by atoms with Crippen molar-refractivity contribution in [1.29, 1.82) is 0 Å². The molecule has 0 bridgehead atoms. The van der Waals surface area contributed by atoms with Crippen molar-refractivity contribution < 1.29 is 9.90 Å². The number of rotatable bonds is 4. The van der Waals surface area contributed by atoms with Crippen LogP contribution >= 0.6 is 23.2 Å². The molecule has 0 atom stereocenters. The van der Waals surface area contributed by atoms with E-state index in [1.807, 2.05) is 0 Å². The average Bonchev–Trinajstić information content (AvgIpc) is 2.62. The molecule has 2 heterocycles. The number of aromatic nitrogens is 2. The van der Waals surface area contributed by atoms with E-state index in [-0.39, 0.29) is 22.9 Å². The molecule has 1 amide bonds. The summed E-state index contributed by atoms with van der Waals surface area (Å²) in [5.74, 6) is -1.12. The Hall–Kier alpha value is -2.83. The van der Waals surface area contributed by atoms with Crippen LogP contribution in [0.25, 0.3) is 0 Å². The number of carbonyl (C=O) groups excluding carboxylic acids is 1. The fourth-order valence-electron chi connectivity index (χ4n) is 2.60. The second-order valence-electron chi connectivity index (χ2n) is 5.88. The predicted octanol–water partition coefficient (Wildman–Crippen LogP) is 3.86. The number of anilines is 1. The van der Waals surface area contributed by atoms with E-state index in [9.17, 15) is 14.7 Å². The van der Waals surface area contributed by atoms with E-state index in [4.69, 9.17) is 23.2 Å². The largest absolute Gasteiger partial charge is 0.507 e. The highest BCUT2D eigenvalue weighted by Crippen LogP contribution is 2.25. The minimum absolute atomic E-state index is 0.251.